The maximum Gasteiger partial charge on any atom is 0.291 e. The second kappa shape index (κ2) is 11.2. The lowest BCUT2D eigenvalue weighted by atomic mass is 10.2. The lowest BCUT2D eigenvalue weighted by Crippen LogP contribution is -2.46. The number of rotatable bonds is 9. The Bertz CT molecular complexity index is 1540. The molecule has 0 aromatic heterocycles. The minimum absolute atomic E-state index is 0.0416. The van der Waals surface area contributed by atoms with Crippen molar-refractivity contribution in [2.45, 2.75) is 23.6 Å². The van der Waals surface area contributed by atoms with Crippen LogP contribution >= 0.6 is 0 Å². The Balaban J connectivity index is 1.95. The Morgan fingerprint density at radius 1 is 0.763 bits per heavy atom. The van der Waals surface area contributed by atoms with E-state index in [0.717, 1.165) is 17.2 Å². The summed E-state index contributed by atoms with van der Waals surface area (Å²) in [5.41, 5.74) is 2.18. The van der Waals surface area contributed by atoms with E-state index in [1.54, 1.807) is 23.3 Å². The van der Waals surface area contributed by atoms with Gasteiger partial charge in [0.2, 0.25) is 5.71 Å². The molecule has 0 saturated heterocycles. The third-order valence-corrected chi connectivity index (χ3v) is 7.59. The molecular weight excluding hydrogens is 538 g/mol. The number of carbonyl (C=O) groups is 2. The predicted molar refractivity (Wildman–Crippen MR) is 137 cm³/mol. The second-order valence-electron chi connectivity index (χ2n) is 7.88. The molecule has 0 fully saturated rings. The van der Waals surface area contributed by atoms with Crippen LogP contribution in [0.4, 0.5) is 11.4 Å². The number of carbonyl (C=O) groups excluding carboxylic acids is 2. The standard InChI is InChI=1S/C23H21N5O8S2/c1-15-6-10-19(11-7-15)37(33,34)26-22(29)21(25-24-17-4-3-5-18(14-17)28(31)32)23(30)27-38(35,36)20-12-8-16(2)9-13-20/h3-14,24H,1-2H3,(H,26,29)(H,27,30). The lowest BCUT2D eigenvalue weighted by molar-refractivity contribution is -0.384. The minimum Gasteiger partial charge on any atom is -0.277 e. The van der Waals surface area contributed by atoms with Crippen molar-refractivity contribution in [2.24, 2.45) is 5.10 Å². The second-order valence-corrected chi connectivity index (χ2v) is 11.2. The predicted octanol–water partition coefficient (Wildman–Crippen LogP) is 1.99. The van der Waals surface area contributed by atoms with Crippen LogP contribution in [0.5, 0.6) is 0 Å². The van der Waals surface area contributed by atoms with E-state index in [9.17, 15) is 36.5 Å². The van der Waals surface area contributed by atoms with Crippen LogP contribution < -0.4 is 14.9 Å². The summed E-state index contributed by atoms with van der Waals surface area (Å²) in [5, 5.41) is 14.6. The number of nitrogens with zero attached hydrogens (tertiary/aromatic N) is 2. The molecule has 0 bridgehead atoms. The first-order chi connectivity index (χ1) is 17.8. The molecule has 3 aromatic carbocycles. The SMILES string of the molecule is Cc1ccc(S(=O)(=O)NC(=O)C(=NNc2cccc([N+](=O)[O-])c2)C(=O)NS(=O)(=O)c2ccc(C)cc2)cc1. The van der Waals surface area contributed by atoms with Crippen LogP contribution in [0.15, 0.2) is 87.7 Å². The summed E-state index contributed by atoms with van der Waals surface area (Å²) in [6, 6.07) is 15.7. The van der Waals surface area contributed by atoms with Gasteiger partial charge in [0.1, 0.15) is 0 Å². The Kier molecular flexibility index (Phi) is 8.23. The summed E-state index contributed by atoms with van der Waals surface area (Å²) < 4.78 is 54.1. The fraction of sp³-hybridized carbons (Fsp3) is 0.0870. The molecule has 13 nitrogen and oxygen atoms in total. The quantitative estimate of drug-likeness (QED) is 0.152. The number of aryl methyl sites for hydroxylation is 2. The third-order valence-electron chi connectivity index (χ3n) is 4.90. The largest absolute Gasteiger partial charge is 0.291 e. The molecular formula is C23H21N5O8S2. The molecule has 3 rings (SSSR count). The number of anilines is 1. The summed E-state index contributed by atoms with van der Waals surface area (Å²) in [4.78, 5) is 35.5. The third kappa shape index (κ3) is 6.98. The van der Waals surface area contributed by atoms with Gasteiger partial charge in [-0.3, -0.25) is 25.1 Å². The van der Waals surface area contributed by atoms with Crippen molar-refractivity contribution in [3.63, 3.8) is 0 Å². The first-order valence-corrected chi connectivity index (χ1v) is 13.6. The van der Waals surface area contributed by atoms with Crippen LogP contribution in [0.2, 0.25) is 0 Å². The number of benzene rings is 3. The van der Waals surface area contributed by atoms with E-state index in [4.69, 9.17) is 0 Å². The van der Waals surface area contributed by atoms with E-state index in [0.29, 0.717) is 0 Å². The summed E-state index contributed by atoms with van der Waals surface area (Å²) in [7, 11) is -8.97. The van der Waals surface area contributed by atoms with Gasteiger partial charge in [-0.25, -0.2) is 26.3 Å². The smallest absolute Gasteiger partial charge is 0.277 e. The van der Waals surface area contributed by atoms with Gasteiger partial charge in [0.05, 0.1) is 20.4 Å². The molecule has 0 radical (unpaired) electrons. The van der Waals surface area contributed by atoms with Crippen molar-refractivity contribution in [3.05, 3.63) is 94.0 Å². The van der Waals surface area contributed by atoms with Crippen molar-refractivity contribution in [2.75, 3.05) is 5.43 Å². The number of hydrazone groups is 1. The normalized spacial score (nSPS) is 11.2. The minimum atomic E-state index is -4.48. The Morgan fingerprint density at radius 2 is 1.21 bits per heavy atom. The summed E-state index contributed by atoms with van der Waals surface area (Å²) in [5.74, 6) is -3.11. The van der Waals surface area contributed by atoms with Gasteiger partial charge in [-0.2, -0.15) is 5.10 Å². The molecule has 38 heavy (non-hydrogen) atoms. The Hall–Kier alpha value is -4.63. The first-order valence-electron chi connectivity index (χ1n) is 10.6. The van der Waals surface area contributed by atoms with Gasteiger partial charge in [-0.05, 0) is 44.2 Å². The van der Waals surface area contributed by atoms with E-state index < -0.39 is 42.5 Å². The zero-order chi connectivity index (χ0) is 28.1. The fourth-order valence-electron chi connectivity index (χ4n) is 2.91. The highest BCUT2D eigenvalue weighted by Crippen LogP contribution is 2.17. The number of non-ortho nitro benzene ring substituents is 1. The van der Waals surface area contributed by atoms with Gasteiger partial charge in [-0.15, -0.1) is 0 Å². The fourth-order valence-corrected chi connectivity index (χ4v) is 4.81. The molecule has 0 heterocycles. The van der Waals surface area contributed by atoms with Crippen molar-refractivity contribution in [1.82, 2.24) is 9.44 Å². The van der Waals surface area contributed by atoms with Crippen LogP contribution in [-0.2, 0) is 29.6 Å². The van der Waals surface area contributed by atoms with E-state index in [-0.39, 0.29) is 21.2 Å². The van der Waals surface area contributed by atoms with Crippen LogP contribution in [-0.4, -0.2) is 39.3 Å². The number of nitro groups is 1. The van der Waals surface area contributed by atoms with Gasteiger partial charge < -0.3 is 0 Å². The number of amides is 2. The average Bonchev–Trinajstić information content (AvgIpc) is 2.84. The zero-order valence-electron chi connectivity index (χ0n) is 19.9. The van der Waals surface area contributed by atoms with Crippen LogP contribution in [0.3, 0.4) is 0 Å². The first kappa shape index (κ1) is 27.9. The van der Waals surface area contributed by atoms with E-state index >= 15 is 0 Å². The van der Waals surface area contributed by atoms with Crippen molar-refractivity contribution < 1.29 is 31.3 Å². The molecule has 3 N–H and O–H groups in total. The highest BCUT2D eigenvalue weighted by Gasteiger charge is 2.30. The van der Waals surface area contributed by atoms with E-state index in [1.165, 1.54) is 66.7 Å². The highest BCUT2D eigenvalue weighted by atomic mass is 32.2. The van der Waals surface area contributed by atoms with Gasteiger partial charge in [0.25, 0.3) is 37.5 Å². The van der Waals surface area contributed by atoms with Crippen molar-refractivity contribution >= 4 is 48.9 Å². The van der Waals surface area contributed by atoms with Crippen molar-refractivity contribution in [1.29, 1.82) is 0 Å². The molecule has 3 aromatic rings. The summed E-state index contributed by atoms with van der Waals surface area (Å²) in [6.07, 6.45) is 0. The molecule has 0 aliphatic rings. The van der Waals surface area contributed by atoms with Gasteiger partial charge in [-0.1, -0.05) is 41.5 Å². The Morgan fingerprint density at radius 3 is 1.63 bits per heavy atom. The Labute approximate surface area is 217 Å². The molecule has 0 atom stereocenters. The van der Waals surface area contributed by atoms with Crippen LogP contribution in [0.1, 0.15) is 11.1 Å². The molecule has 15 heteroatoms. The highest BCUT2D eigenvalue weighted by molar-refractivity contribution is 7.90. The van der Waals surface area contributed by atoms with Gasteiger partial charge >= 0.3 is 0 Å². The molecule has 0 aliphatic carbocycles. The van der Waals surface area contributed by atoms with Crippen LogP contribution in [0.25, 0.3) is 0 Å². The number of nitro benzene ring substituents is 1. The number of hydrogen-bond donors (Lipinski definition) is 3. The summed E-state index contributed by atoms with van der Waals surface area (Å²) >= 11 is 0. The monoisotopic (exact) mass is 559 g/mol. The maximum atomic E-state index is 12.9. The van der Waals surface area contributed by atoms with Gasteiger partial charge in [0, 0.05) is 12.1 Å². The van der Waals surface area contributed by atoms with Crippen molar-refractivity contribution in [3.8, 4) is 0 Å². The molecule has 2 amide bonds. The zero-order valence-corrected chi connectivity index (χ0v) is 21.5. The molecule has 0 spiro atoms. The van der Waals surface area contributed by atoms with Gasteiger partial charge in [0.15, 0.2) is 0 Å². The average molecular weight is 560 g/mol. The van der Waals surface area contributed by atoms with Crippen LogP contribution in [0, 0.1) is 24.0 Å². The topological polar surface area (TPSA) is 194 Å². The summed E-state index contributed by atoms with van der Waals surface area (Å²) in [6.45, 7) is 3.44. The number of hydrogen-bond acceptors (Lipinski definition) is 10. The lowest BCUT2D eigenvalue weighted by Gasteiger charge is -2.11. The number of nitrogens with one attached hydrogen (secondary N) is 3. The maximum absolute atomic E-state index is 12.9. The molecule has 0 saturated carbocycles. The molecule has 198 valence electrons. The molecule has 0 unspecified atom stereocenters. The molecule has 0 aliphatic heterocycles. The number of sulfonamides is 2. The van der Waals surface area contributed by atoms with E-state index in [1.807, 2.05) is 0 Å². The van der Waals surface area contributed by atoms with E-state index in [2.05, 4.69) is 10.5 Å².